The van der Waals surface area contributed by atoms with E-state index in [0.717, 1.165) is 0 Å². The molecule has 0 unspecified atom stereocenters. The molecule has 0 bridgehead atoms. The van der Waals surface area contributed by atoms with Gasteiger partial charge in [0.15, 0.2) is 0 Å². The molecule has 0 N–H and O–H groups in total. The molecule has 3 heterocycles. The maximum absolute atomic E-state index is 2.43. The van der Waals surface area contributed by atoms with Gasteiger partial charge in [-0.25, -0.2) is 0 Å². The largest absolute Gasteiger partial charge is 0.309 e. The topological polar surface area (TPSA) is 9.86 Å². The summed E-state index contributed by atoms with van der Waals surface area (Å²) in [5.41, 5.74) is 12.2. The molecule has 11 rings (SSSR count). The molecule has 3 aromatic heterocycles. The van der Waals surface area contributed by atoms with E-state index in [1.807, 2.05) is 11.3 Å². The predicted octanol–water partition coefficient (Wildman–Crippen LogP) is 13.6. The number of aromatic nitrogens is 2. The number of fused-ring (bicyclic) bond motifs is 9. The minimum absolute atomic E-state index is 1.17. The van der Waals surface area contributed by atoms with Crippen LogP contribution in [0, 0.1) is 0 Å². The van der Waals surface area contributed by atoms with E-state index in [2.05, 4.69) is 191 Å². The highest BCUT2D eigenvalue weighted by Gasteiger charge is 2.16. The summed E-state index contributed by atoms with van der Waals surface area (Å²) in [7, 11) is 0. The van der Waals surface area contributed by atoms with Gasteiger partial charge in [0.05, 0.1) is 22.1 Å². The fourth-order valence-corrected chi connectivity index (χ4v) is 9.29. The van der Waals surface area contributed by atoms with Crippen LogP contribution in [0.3, 0.4) is 0 Å². The van der Waals surface area contributed by atoms with Crippen molar-refractivity contribution in [2.24, 2.45) is 0 Å². The lowest BCUT2D eigenvalue weighted by molar-refractivity contribution is 1.18. The number of para-hydroxylation sites is 3. The average molecular weight is 667 g/mol. The Morgan fingerprint density at radius 2 is 0.725 bits per heavy atom. The van der Waals surface area contributed by atoms with E-state index in [9.17, 15) is 0 Å². The fourth-order valence-electron chi connectivity index (χ4n) is 8.13. The standard InChI is InChI=1S/C48H30N2S/c1-2-10-31(11-3-1)34-22-27-40-42-29-41-39-14-6-9-17-45(39)50(46(41)30-48(42)51-47(40)28-34)36-25-20-33(21-26-36)32-18-23-35(24-19-32)49-43-15-7-4-12-37(43)38-13-5-8-16-44(38)49/h1-30H. The number of benzene rings is 8. The molecule has 0 amide bonds. The summed E-state index contributed by atoms with van der Waals surface area (Å²) in [6.07, 6.45) is 0. The van der Waals surface area contributed by atoms with E-state index in [1.165, 1.54) is 97.4 Å². The zero-order valence-corrected chi connectivity index (χ0v) is 28.4. The van der Waals surface area contributed by atoms with Gasteiger partial charge in [-0.15, -0.1) is 11.3 Å². The number of rotatable bonds is 4. The Labute approximate surface area is 298 Å². The molecular weight excluding hydrogens is 637 g/mol. The molecule has 0 atom stereocenters. The molecule has 3 heteroatoms. The molecule has 8 aromatic carbocycles. The normalized spacial score (nSPS) is 11.9. The van der Waals surface area contributed by atoms with Gasteiger partial charge < -0.3 is 9.13 Å². The molecule has 0 saturated carbocycles. The summed E-state index contributed by atoms with van der Waals surface area (Å²) in [4.78, 5) is 0. The van der Waals surface area contributed by atoms with Crippen LogP contribution in [0.2, 0.25) is 0 Å². The monoisotopic (exact) mass is 666 g/mol. The van der Waals surface area contributed by atoms with Crippen LogP contribution in [0.15, 0.2) is 182 Å². The zero-order valence-electron chi connectivity index (χ0n) is 27.6. The molecule has 11 aromatic rings. The van der Waals surface area contributed by atoms with Crippen LogP contribution in [0.5, 0.6) is 0 Å². The van der Waals surface area contributed by atoms with Gasteiger partial charge in [-0.1, -0.05) is 121 Å². The number of hydrogen-bond acceptors (Lipinski definition) is 1. The first-order valence-electron chi connectivity index (χ1n) is 17.4. The van der Waals surface area contributed by atoms with Crippen LogP contribution < -0.4 is 0 Å². The molecule has 2 nitrogen and oxygen atoms in total. The molecule has 0 radical (unpaired) electrons. The van der Waals surface area contributed by atoms with Crippen molar-refractivity contribution >= 4 is 75.1 Å². The number of hydrogen-bond donors (Lipinski definition) is 0. The summed E-state index contributed by atoms with van der Waals surface area (Å²) in [5, 5.41) is 7.77. The highest BCUT2D eigenvalue weighted by atomic mass is 32.1. The summed E-state index contributed by atoms with van der Waals surface area (Å²) in [6.45, 7) is 0. The first-order chi connectivity index (χ1) is 25.3. The van der Waals surface area contributed by atoms with Gasteiger partial charge >= 0.3 is 0 Å². The van der Waals surface area contributed by atoms with Crippen LogP contribution in [-0.2, 0) is 0 Å². The van der Waals surface area contributed by atoms with E-state index in [1.54, 1.807) is 0 Å². The molecule has 0 spiro atoms. The van der Waals surface area contributed by atoms with Crippen molar-refractivity contribution in [3.63, 3.8) is 0 Å². The molecular formula is C48H30N2S. The van der Waals surface area contributed by atoms with Crippen LogP contribution in [0.1, 0.15) is 0 Å². The quantitative estimate of drug-likeness (QED) is 0.177. The molecule has 238 valence electrons. The maximum Gasteiger partial charge on any atom is 0.0555 e. The Morgan fingerprint density at radius 3 is 1.31 bits per heavy atom. The number of nitrogens with zero attached hydrogens (tertiary/aromatic N) is 2. The van der Waals surface area contributed by atoms with Crippen LogP contribution in [0.4, 0.5) is 0 Å². The molecule has 0 fully saturated rings. The summed E-state index contributed by atoms with van der Waals surface area (Å²) in [5.74, 6) is 0. The lowest BCUT2D eigenvalue weighted by Crippen LogP contribution is -1.94. The maximum atomic E-state index is 2.43. The molecule has 0 aliphatic heterocycles. The zero-order chi connectivity index (χ0) is 33.5. The van der Waals surface area contributed by atoms with Gasteiger partial charge in [-0.05, 0) is 82.9 Å². The first-order valence-corrected chi connectivity index (χ1v) is 18.2. The second-order valence-electron chi connectivity index (χ2n) is 13.4. The van der Waals surface area contributed by atoms with E-state index >= 15 is 0 Å². The first kappa shape index (κ1) is 28.4. The van der Waals surface area contributed by atoms with Crippen LogP contribution in [0.25, 0.3) is 97.4 Å². The van der Waals surface area contributed by atoms with Gasteiger partial charge in [-0.3, -0.25) is 0 Å². The Morgan fingerprint density at radius 1 is 0.275 bits per heavy atom. The van der Waals surface area contributed by atoms with Crippen molar-refractivity contribution in [2.75, 3.05) is 0 Å². The molecule has 51 heavy (non-hydrogen) atoms. The Bertz CT molecular complexity index is 3050. The Hall–Kier alpha value is -6.42. The van der Waals surface area contributed by atoms with Gasteiger partial charge in [0.1, 0.15) is 0 Å². The molecule has 0 saturated heterocycles. The van der Waals surface area contributed by atoms with Crippen molar-refractivity contribution < 1.29 is 0 Å². The third kappa shape index (κ3) is 4.35. The molecule has 0 aliphatic rings. The van der Waals surface area contributed by atoms with Gasteiger partial charge in [0.25, 0.3) is 0 Å². The van der Waals surface area contributed by atoms with Crippen molar-refractivity contribution in [2.45, 2.75) is 0 Å². The Balaban J connectivity index is 0.994. The average Bonchev–Trinajstić information content (AvgIpc) is 3.84. The van der Waals surface area contributed by atoms with Crippen molar-refractivity contribution in [1.29, 1.82) is 0 Å². The van der Waals surface area contributed by atoms with Crippen LogP contribution >= 0.6 is 11.3 Å². The second-order valence-corrected chi connectivity index (χ2v) is 14.4. The van der Waals surface area contributed by atoms with Gasteiger partial charge in [-0.2, -0.15) is 0 Å². The van der Waals surface area contributed by atoms with E-state index in [4.69, 9.17) is 0 Å². The molecule has 0 aliphatic carbocycles. The van der Waals surface area contributed by atoms with Gasteiger partial charge in [0, 0.05) is 53.1 Å². The van der Waals surface area contributed by atoms with Crippen molar-refractivity contribution in [3.8, 4) is 33.6 Å². The van der Waals surface area contributed by atoms with E-state index < -0.39 is 0 Å². The summed E-state index contributed by atoms with van der Waals surface area (Å²) < 4.78 is 7.43. The minimum Gasteiger partial charge on any atom is -0.309 e. The smallest absolute Gasteiger partial charge is 0.0555 e. The SMILES string of the molecule is c1ccc(-c2ccc3c(c2)sc2cc4c(cc23)c2ccccc2n4-c2ccc(-c3ccc(-n4c5ccccc5c5ccccc54)cc3)cc2)cc1. The fraction of sp³-hybridized carbons (Fsp3) is 0. The third-order valence-electron chi connectivity index (χ3n) is 10.5. The van der Waals surface area contributed by atoms with E-state index in [-0.39, 0.29) is 0 Å². The number of thiophene rings is 1. The Kier molecular flexibility index (Phi) is 6.16. The second kappa shape index (κ2) is 11.0. The third-order valence-corrected chi connectivity index (χ3v) is 11.7. The highest BCUT2D eigenvalue weighted by Crippen LogP contribution is 2.42. The predicted molar refractivity (Wildman–Crippen MR) is 219 cm³/mol. The lowest BCUT2D eigenvalue weighted by atomic mass is 10.0. The van der Waals surface area contributed by atoms with Crippen molar-refractivity contribution in [1.82, 2.24) is 9.13 Å². The minimum atomic E-state index is 1.17. The van der Waals surface area contributed by atoms with Crippen molar-refractivity contribution in [3.05, 3.63) is 182 Å². The highest BCUT2D eigenvalue weighted by molar-refractivity contribution is 7.25. The van der Waals surface area contributed by atoms with E-state index in [0.29, 0.717) is 0 Å². The summed E-state index contributed by atoms with van der Waals surface area (Å²) >= 11 is 1.88. The van der Waals surface area contributed by atoms with Gasteiger partial charge in [0.2, 0.25) is 0 Å². The van der Waals surface area contributed by atoms with Crippen LogP contribution in [-0.4, -0.2) is 9.13 Å². The summed E-state index contributed by atoms with van der Waals surface area (Å²) in [6, 6.07) is 66.6. The lowest BCUT2D eigenvalue weighted by Gasteiger charge is -2.11.